The summed E-state index contributed by atoms with van der Waals surface area (Å²) in [6, 6.07) is 5.41. The van der Waals surface area contributed by atoms with Gasteiger partial charge in [0.25, 0.3) is 0 Å². The molecule has 0 saturated carbocycles. The summed E-state index contributed by atoms with van der Waals surface area (Å²) in [5, 5.41) is 10.8. The largest absolute Gasteiger partial charge is 0.464 e. The van der Waals surface area contributed by atoms with Gasteiger partial charge in [-0.1, -0.05) is 32.9 Å². The SMILES string of the molecule is COC(=O)c1c(CO)c2c(CO[Si](C)(C)C(C)(C)C)cccc2n1C(=O)OC(C)(C)C. The Hall–Kier alpha value is -2.16. The average molecular weight is 450 g/mol. The van der Waals surface area contributed by atoms with E-state index in [1.54, 1.807) is 32.9 Å². The third kappa shape index (κ3) is 5.19. The van der Waals surface area contributed by atoms with E-state index < -0.39 is 32.6 Å². The number of esters is 1. The summed E-state index contributed by atoms with van der Waals surface area (Å²) in [5.74, 6) is -0.720. The molecule has 2 aromatic rings. The van der Waals surface area contributed by atoms with E-state index in [1.807, 2.05) is 6.07 Å². The highest BCUT2D eigenvalue weighted by molar-refractivity contribution is 6.74. The van der Waals surface area contributed by atoms with Gasteiger partial charge in [-0.15, -0.1) is 0 Å². The van der Waals surface area contributed by atoms with Crippen LogP contribution >= 0.6 is 0 Å². The first-order chi connectivity index (χ1) is 14.1. The van der Waals surface area contributed by atoms with Gasteiger partial charge < -0.3 is 19.0 Å². The standard InChI is InChI=1S/C23H35NO6Si/c1-22(2,3)30-21(27)24-17-12-10-11-15(14-29-31(8,9)23(4,5)6)18(17)16(13-25)19(24)20(26)28-7/h10-12,25H,13-14H2,1-9H3. The van der Waals surface area contributed by atoms with Crippen LogP contribution in [0.1, 0.15) is 63.2 Å². The maximum atomic E-state index is 13.0. The fourth-order valence-corrected chi connectivity index (χ4v) is 4.00. The van der Waals surface area contributed by atoms with E-state index in [0.717, 1.165) is 5.56 Å². The molecule has 0 atom stereocenters. The molecule has 0 radical (unpaired) electrons. The first-order valence-corrected chi connectivity index (χ1v) is 13.3. The lowest BCUT2D eigenvalue weighted by atomic mass is 10.1. The molecule has 0 amide bonds. The number of hydrogen-bond acceptors (Lipinski definition) is 6. The molecule has 172 valence electrons. The normalized spacial score (nSPS) is 12.8. The number of fused-ring (bicyclic) bond motifs is 1. The van der Waals surface area contributed by atoms with Crippen LogP contribution in [0.5, 0.6) is 0 Å². The highest BCUT2D eigenvalue weighted by Gasteiger charge is 2.37. The van der Waals surface area contributed by atoms with E-state index in [-0.39, 0.29) is 10.7 Å². The van der Waals surface area contributed by atoms with E-state index in [4.69, 9.17) is 13.9 Å². The third-order valence-corrected chi connectivity index (χ3v) is 10.2. The van der Waals surface area contributed by atoms with E-state index in [9.17, 15) is 14.7 Å². The number of ether oxygens (including phenoxy) is 2. The topological polar surface area (TPSA) is 87.0 Å². The molecule has 0 aliphatic rings. The summed E-state index contributed by atoms with van der Waals surface area (Å²) in [6.45, 7) is 15.9. The van der Waals surface area contributed by atoms with Gasteiger partial charge in [-0.25, -0.2) is 14.2 Å². The number of aliphatic hydroxyl groups is 1. The number of carbonyl (C=O) groups is 2. The minimum atomic E-state index is -2.04. The van der Waals surface area contributed by atoms with E-state index in [0.29, 0.717) is 23.1 Å². The Morgan fingerprint density at radius 1 is 1.10 bits per heavy atom. The fraction of sp³-hybridized carbons (Fsp3) is 0.565. The molecule has 0 unspecified atom stereocenters. The van der Waals surface area contributed by atoms with Crippen molar-refractivity contribution in [2.24, 2.45) is 0 Å². The molecule has 0 fully saturated rings. The molecule has 7 nitrogen and oxygen atoms in total. The van der Waals surface area contributed by atoms with Crippen molar-refractivity contribution in [1.82, 2.24) is 4.57 Å². The minimum Gasteiger partial charge on any atom is -0.464 e. The quantitative estimate of drug-likeness (QED) is 0.497. The number of carbonyl (C=O) groups excluding carboxylic acids is 2. The maximum Gasteiger partial charge on any atom is 0.419 e. The van der Waals surface area contributed by atoms with Crippen molar-refractivity contribution in [3.8, 4) is 0 Å². The molecule has 1 N–H and O–H groups in total. The Bertz CT molecular complexity index is 979. The molecular weight excluding hydrogens is 414 g/mol. The van der Waals surface area contributed by atoms with Gasteiger partial charge in [-0.05, 0) is 50.5 Å². The summed E-state index contributed by atoms with van der Waals surface area (Å²) in [6.07, 6.45) is -0.708. The predicted molar refractivity (Wildman–Crippen MR) is 123 cm³/mol. The van der Waals surface area contributed by atoms with E-state index in [1.165, 1.54) is 11.7 Å². The van der Waals surface area contributed by atoms with Crippen LogP contribution in [0, 0.1) is 0 Å². The molecule has 1 heterocycles. The number of methoxy groups -OCH3 is 1. The fourth-order valence-electron chi connectivity index (χ4n) is 3.05. The van der Waals surface area contributed by atoms with Crippen molar-refractivity contribution in [3.63, 3.8) is 0 Å². The van der Waals surface area contributed by atoms with Crippen LogP contribution in [0.25, 0.3) is 10.9 Å². The van der Waals surface area contributed by atoms with E-state index >= 15 is 0 Å². The first kappa shape index (κ1) is 25.1. The number of nitrogens with zero attached hydrogens (tertiary/aromatic N) is 1. The number of benzene rings is 1. The van der Waals surface area contributed by atoms with Gasteiger partial charge in [0, 0.05) is 10.9 Å². The zero-order valence-corrected chi connectivity index (χ0v) is 21.1. The Kier molecular flexibility index (Phi) is 7.09. The van der Waals surface area contributed by atoms with Gasteiger partial charge in [0.15, 0.2) is 8.32 Å². The molecule has 1 aromatic carbocycles. The molecule has 0 spiro atoms. The molecule has 2 rings (SSSR count). The summed E-state index contributed by atoms with van der Waals surface area (Å²) in [5.41, 5.74) is 0.786. The Balaban J connectivity index is 2.71. The van der Waals surface area contributed by atoms with Gasteiger partial charge in [-0.2, -0.15) is 0 Å². The van der Waals surface area contributed by atoms with E-state index in [2.05, 4.69) is 33.9 Å². The van der Waals surface area contributed by atoms with Crippen LogP contribution in [-0.2, 0) is 27.1 Å². The van der Waals surface area contributed by atoms with Crippen LogP contribution in [-0.4, -0.2) is 42.8 Å². The van der Waals surface area contributed by atoms with Crippen LogP contribution in [0.15, 0.2) is 18.2 Å². The van der Waals surface area contributed by atoms with Crippen molar-refractivity contribution >= 4 is 31.3 Å². The monoisotopic (exact) mass is 449 g/mol. The van der Waals surface area contributed by atoms with Crippen LogP contribution in [0.4, 0.5) is 4.79 Å². The highest BCUT2D eigenvalue weighted by atomic mass is 28.4. The molecule has 0 saturated heterocycles. The number of aliphatic hydroxyl groups excluding tert-OH is 1. The van der Waals surface area contributed by atoms with Gasteiger partial charge in [0.1, 0.15) is 11.3 Å². The Labute approximate surface area is 185 Å². The van der Waals surface area contributed by atoms with Crippen molar-refractivity contribution in [3.05, 3.63) is 35.0 Å². The highest BCUT2D eigenvalue weighted by Crippen LogP contribution is 2.38. The van der Waals surface area contributed by atoms with Crippen LogP contribution in [0.3, 0.4) is 0 Å². The van der Waals surface area contributed by atoms with Crippen molar-refractivity contribution in [2.75, 3.05) is 7.11 Å². The molecule has 8 heteroatoms. The number of rotatable bonds is 5. The third-order valence-electron chi connectivity index (χ3n) is 5.69. The van der Waals surface area contributed by atoms with Gasteiger partial charge in [0.05, 0.1) is 25.8 Å². The Morgan fingerprint density at radius 3 is 2.19 bits per heavy atom. The molecule has 1 aromatic heterocycles. The summed E-state index contributed by atoms with van der Waals surface area (Å²) in [7, 11) is -0.806. The minimum absolute atomic E-state index is 0.0281. The Morgan fingerprint density at radius 2 is 1.71 bits per heavy atom. The summed E-state index contributed by atoms with van der Waals surface area (Å²) < 4.78 is 18.0. The summed E-state index contributed by atoms with van der Waals surface area (Å²) >= 11 is 0. The zero-order chi connectivity index (χ0) is 23.8. The molecular formula is C23H35NO6Si. The first-order valence-electron chi connectivity index (χ1n) is 10.4. The second-order valence-corrected chi connectivity index (χ2v) is 15.0. The van der Waals surface area contributed by atoms with Crippen LogP contribution in [0.2, 0.25) is 18.1 Å². The maximum absolute atomic E-state index is 13.0. The second kappa shape index (κ2) is 8.76. The lowest BCUT2D eigenvalue weighted by Gasteiger charge is -2.36. The van der Waals surface area contributed by atoms with Gasteiger partial charge >= 0.3 is 12.1 Å². The van der Waals surface area contributed by atoms with Crippen LogP contribution < -0.4 is 0 Å². The van der Waals surface area contributed by atoms with Gasteiger partial charge in [0.2, 0.25) is 0 Å². The number of hydrogen-bond donors (Lipinski definition) is 1. The number of aromatic nitrogens is 1. The molecule has 0 aliphatic carbocycles. The second-order valence-electron chi connectivity index (χ2n) is 10.2. The van der Waals surface area contributed by atoms with Crippen molar-refractivity contribution < 1.29 is 28.6 Å². The lowest BCUT2D eigenvalue weighted by Crippen LogP contribution is -2.40. The van der Waals surface area contributed by atoms with Gasteiger partial charge in [-0.3, -0.25) is 0 Å². The lowest BCUT2D eigenvalue weighted by molar-refractivity contribution is 0.0487. The zero-order valence-electron chi connectivity index (χ0n) is 20.1. The predicted octanol–water partition coefficient (Wildman–Crippen LogP) is 5.23. The smallest absolute Gasteiger partial charge is 0.419 e. The molecule has 0 bridgehead atoms. The molecule has 0 aliphatic heterocycles. The summed E-state index contributed by atoms with van der Waals surface area (Å²) in [4.78, 5) is 25.7. The van der Waals surface area contributed by atoms with Crippen molar-refractivity contribution in [2.45, 2.75) is 78.5 Å². The average Bonchev–Trinajstić information content (AvgIpc) is 2.98. The molecule has 31 heavy (non-hydrogen) atoms. The van der Waals surface area contributed by atoms with Crippen molar-refractivity contribution in [1.29, 1.82) is 0 Å².